The van der Waals surface area contributed by atoms with Crippen molar-refractivity contribution in [3.63, 3.8) is 0 Å². The Labute approximate surface area is 135 Å². The predicted molar refractivity (Wildman–Crippen MR) is 87.8 cm³/mol. The van der Waals surface area contributed by atoms with Gasteiger partial charge in [-0.3, -0.25) is 0 Å². The molecular formula is C17H24BrNO2. The van der Waals surface area contributed by atoms with Gasteiger partial charge in [-0.15, -0.1) is 0 Å². The van der Waals surface area contributed by atoms with Gasteiger partial charge >= 0.3 is 0 Å². The standard InChI is InChI=1S/C17H24BrNO2/c18-14-6-7-15-16(3-1-10-21-17(15)11-14)19-8-2-9-20-12-13-4-5-13/h6-7,11,13,16,19H,1-5,8-10,12H2. The quantitative estimate of drug-likeness (QED) is 0.749. The molecule has 2 aliphatic rings. The zero-order chi connectivity index (χ0) is 14.5. The molecule has 1 unspecified atom stereocenters. The Hall–Kier alpha value is -0.580. The third-order valence-electron chi connectivity index (χ3n) is 4.15. The van der Waals surface area contributed by atoms with Gasteiger partial charge < -0.3 is 14.8 Å². The molecule has 116 valence electrons. The number of fused-ring (bicyclic) bond motifs is 1. The Bertz CT molecular complexity index is 462. The second-order valence-corrected chi connectivity index (χ2v) is 6.97. The second kappa shape index (κ2) is 7.61. The topological polar surface area (TPSA) is 30.5 Å². The lowest BCUT2D eigenvalue weighted by Gasteiger charge is -2.18. The smallest absolute Gasteiger partial charge is 0.125 e. The molecule has 1 heterocycles. The van der Waals surface area contributed by atoms with Crippen LogP contribution in [0.5, 0.6) is 5.75 Å². The molecule has 21 heavy (non-hydrogen) atoms. The maximum absolute atomic E-state index is 5.84. The molecule has 1 aliphatic carbocycles. The maximum atomic E-state index is 5.84. The summed E-state index contributed by atoms with van der Waals surface area (Å²) in [5.41, 5.74) is 1.29. The number of benzene rings is 1. The van der Waals surface area contributed by atoms with E-state index >= 15 is 0 Å². The molecule has 0 amide bonds. The van der Waals surface area contributed by atoms with E-state index in [4.69, 9.17) is 9.47 Å². The van der Waals surface area contributed by atoms with Crippen molar-refractivity contribution in [3.8, 4) is 5.75 Å². The van der Waals surface area contributed by atoms with E-state index in [-0.39, 0.29) is 0 Å². The lowest BCUT2D eigenvalue weighted by molar-refractivity contribution is 0.121. The van der Waals surface area contributed by atoms with Gasteiger partial charge in [0.25, 0.3) is 0 Å². The van der Waals surface area contributed by atoms with Gasteiger partial charge in [0, 0.05) is 29.3 Å². The largest absolute Gasteiger partial charge is 0.493 e. The summed E-state index contributed by atoms with van der Waals surface area (Å²) < 4.78 is 12.6. The Morgan fingerprint density at radius 2 is 2.19 bits per heavy atom. The highest BCUT2D eigenvalue weighted by Crippen LogP contribution is 2.33. The van der Waals surface area contributed by atoms with Crippen molar-refractivity contribution in [1.29, 1.82) is 0 Å². The van der Waals surface area contributed by atoms with Gasteiger partial charge in [0.15, 0.2) is 0 Å². The van der Waals surface area contributed by atoms with Crippen molar-refractivity contribution in [2.45, 2.75) is 38.1 Å². The van der Waals surface area contributed by atoms with Crippen LogP contribution in [0, 0.1) is 5.92 Å². The fraction of sp³-hybridized carbons (Fsp3) is 0.647. The van der Waals surface area contributed by atoms with E-state index in [9.17, 15) is 0 Å². The first kappa shape index (κ1) is 15.3. The number of nitrogens with one attached hydrogen (secondary N) is 1. The molecule has 1 N–H and O–H groups in total. The minimum absolute atomic E-state index is 0.402. The van der Waals surface area contributed by atoms with Crippen LogP contribution < -0.4 is 10.1 Å². The highest BCUT2D eigenvalue weighted by molar-refractivity contribution is 9.10. The summed E-state index contributed by atoms with van der Waals surface area (Å²) in [5.74, 6) is 1.88. The van der Waals surface area contributed by atoms with Crippen molar-refractivity contribution < 1.29 is 9.47 Å². The number of hydrogen-bond acceptors (Lipinski definition) is 3. The minimum Gasteiger partial charge on any atom is -0.493 e. The van der Waals surface area contributed by atoms with Gasteiger partial charge in [-0.1, -0.05) is 22.0 Å². The van der Waals surface area contributed by atoms with E-state index in [1.165, 1.54) is 18.4 Å². The van der Waals surface area contributed by atoms with E-state index in [0.29, 0.717) is 6.04 Å². The van der Waals surface area contributed by atoms with Gasteiger partial charge in [0.2, 0.25) is 0 Å². The molecule has 0 bridgehead atoms. The zero-order valence-corrected chi connectivity index (χ0v) is 14.0. The number of rotatable bonds is 7. The Morgan fingerprint density at radius 3 is 3.05 bits per heavy atom. The summed E-state index contributed by atoms with van der Waals surface area (Å²) in [6, 6.07) is 6.75. The van der Waals surface area contributed by atoms with Gasteiger partial charge in [-0.25, -0.2) is 0 Å². The van der Waals surface area contributed by atoms with Gasteiger partial charge in [-0.05, 0) is 56.7 Å². The summed E-state index contributed by atoms with van der Waals surface area (Å²) in [6.07, 6.45) is 6.05. The van der Waals surface area contributed by atoms with Crippen LogP contribution in [0.15, 0.2) is 22.7 Å². The molecule has 1 fully saturated rings. The Kier molecular flexibility index (Phi) is 5.55. The summed E-state index contributed by atoms with van der Waals surface area (Å²) in [6.45, 7) is 3.66. The van der Waals surface area contributed by atoms with Crippen molar-refractivity contribution >= 4 is 15.9 Å². The highest BCUT2D eigenvalue weighted by atomic mass is 79.9. The van der Waals surface area contributed by atoms with E-state index < -0.39 is 0 Å². The lowest BCUT2D eigenvalue weighted by Crippen LogP contribution is -2.23. The highest BCUT2D eigenvalue weighted by Gasteiger charge is 2.21. The molecule has 0 aromatic heterocycles. The molecule has 0 saturated heterocycles. The van der Waals surface area contributed by atoms with Gasteiger partial charge in [0.05, 0.1) is 6.61 Å². The molecule has 1 aliphatic heterocycles. The first-order chi connectivity index (χ1) is 10.3. The molecule has 4 heteroatoms. The Balaban J connectivity index is 1.45. The first-order valence-electron chi connectivity index (χ1n) is 8.06. The fourth-order valence-electron chi connectivity index (χ4n) is 2.74. The maximum Gasteiger partial charge on any atom is 0.125 e. The number of hydrogen-bond donors (Lipinski definition) is 1. The minimum atomic E-state index is 0.402. The van der Waals surface area contributed by atoms with Crippen LogP contribution in [0.3, 0.4) is 0 Å². The molecule has 1 aromatic rings. The molecule has 1 aromatic carbocycles. The second-order valence-electron chi connectivity index (χ2n) is 6.05. The summed E-state index contributed by atoms with van der Waals surface area (Å²) in [7, 11) is 0. The Morgan fingerprint density at radius 1 is 1.29 bits per heavy atom. The monoisotopic (exact) mass is 353 g/mol. The molecule has 3 rings (SSSR count). The van der Waals surface area contributed by atoms with Crippen molar-refractivity contribution in [3.05, 3.63) is 28.2 Å². The zero-order valence-electron chi connectivity index (χ0n) is 12.4. The van der Waals surface area contributed by atoms with Crippen LogP contribution >= 0.6 is 15.9 Å². The van der Waals surface area contributed by atoms with Gasteiger partial charge in [-0.2, -0.15) is 0 Å². The van der Waals surface area contributed by atoms with Crippen LogP contribution in [0.1, 0.15) is 43.7 Å². The fourth-order valence-corrected chi connectivity index (χ4v) is 3.08. The van der Waals surface area contributed by atoms with Crippen LogP contribution in [-0.2, 0) is 4.74 Å². The average molecular weight is 354 g/mol. The normalized spacial score (nSPS) is 21.5. The molecule has 0 spiro atoms. The number of ether oxygens (including phenoxy) is 2. The third-order valence-corrected chi connectivity index (χ3v) is 4.65. The summed E-state index contributed by atoms with van der Waals surface area (Å²) >= 11 is 3.52. The molecule has 1 saturated carbocycles. The number of halogens is 1. The van der Waals surface area contributed by atoms with Gasteiger partial charge in [0.1, 0.15) is 5.75 Å². The van der Waals surface area contributed by atoms with Crippen molar-refractivity contribution in [1.82, 2.24) is 5.32 Å². The van der Waals surface area contributed by atoms with Crippen LogP contribution in [0.25, 0.3) is 0 Å². The van der Waals surface area contributed by atoms with Crippen molar-refractivity contribution in [2.24, 2.45) is 5.92 Å². The molecule has 0 radical (unpaired) electrons. The van der Waals surface area contributed by atoms with E-state index in [2.05, 4.69) is 39.4 Å². The van der Waals surface area contributed by atoms with Crippen LogP contribution in [-0.4, -0.2) is 26.4 Å². The summed E-state index contributed by atoms with van der Waals surface area (Å²) in [5, 5.41) is 3.67. The first-order valence-corrected chi connectivity index (χ1v) is 8.85. The third kappa shape index (κ3) is 4.70. The summed E-state index contributed by atoms with van der Waals surface area (Å²) in [4.78, 5) is 0. The van der Waals surface area contributed by atoms with Crippen molar-refractivity contribution in [2.75, 3.05) is 26.4 Å². The molecular weight excluding hydrogens is 330 g/mol. The SMILES string of the molecule is Brc1ccc2c(c1)OCCCC2NCCCOCC1CC1. The van der Waals surface area contributed by atoms with Crippen LogP contribution in [0.4, 0.5) is 0 Å². The van der Waals surface area contributed by atoms with E-state index in [1.54, 1.807) is 0 Å². The molecule has 1 atom stereocenters. The average Bonchev–Trinajstić information content (AvgIpc) is 3.30. The van der Waals surface area contributed by atoms with E-state index in [0.717, 1.165) is 61.8 Å². The lowest BCUT2D eigenvalue weighted by atomic mass is 10.0. The molecule has 3 nitrogen and oxygen atoms in total. The van der Waals surface area contributed by atoms with Crippen LogP contribution in [0.2, 0.25) is 0 Å². The van der Waals surface area contributed by atoms with E-state index in [1.807, 2.05) is 0 Å². The predicted octanol–water partition coefficient (Wildman–Crippen LogP) is 4.07.